The molecule has 0 unspecified atom stereocenters. The zero-order valence-corrected chi connectivity index (χ0v) is 11.2. The minimum Gasteiger partial charge on any atom is -0.465 e. The Morgan fingerprint density at radius 3 is 2.37 bits per heavy atom. The molecule has 19 heavy (non-hydrogen) atoms. The van der Waals surface area contributed by atoms with E-state index in [1.165, 1.54) is 18.7 Å². The van der Waals surface area contributed by atoms with Crippen LogP contribution in [0.2, 0.25) is 0 Å². The molecule has 100 valence electrons. The predicted octanol–water partition coefficient (Wildman–Crippen LogP) is 1.52. The fourth-order valence-corrected chi connectivity index (χ4v) is 2.08. The van der Waals surface area contributed by atoms with Gasteiger partial charge in [0.15, 0.2) is 5.69 Å². The van der Waals surface area contributed by atoms with Gasteiger partial charge in [0.05, 0.1) is 19.7 Å². The van der Waals surface area contributed by atoms with Gasteiger partial charge >= 0.3 is 11.9 Å². The summed E-state index contributed by atoms with van der Waals surface area (Å²) in [5, 5.41) is 4.12. The SMILES string of the molecule is COC(=O)c1nn2cc(C)cc(C)c2c1C(=O)OC. The average Bonchev–Trinajstić information content (AvgIpc) is 2.76. The zero-order chi connectivity index (χ0) is 14.2. The minimum absolute atomic E-state index is 0.0388. The van der Waals surface area contributed by atoms with Gasteiger partial charge in [-0.2, -0.15) is 5.10 Å². The van der Waals surface area contributed by atoms with Gasteiger partial charge in [-0.1, -0.05) is 6.07 Å². The summed E-state index contributed by atoms with van der Waals surface area (Å²) in [5.74, 6) is -1.27. The van der Waals surface area contributed by atoms with Crippen molar-refractivity contribution in [2.24, 2.45) is 0 Å². The topological polar surface area (TPSA) is 69.9 Å². The molecule has 0 saturated heterocycles. The summed E-state index contributed by atoms with van der Waals surface area (Å²) in [6, 6.07) is 1.91. The smallest absolute Gasteiger partial charge is 0.359 e. The van der Waals surface area contributed by atoms with Crippen molar-refractivity contribution in [3.63, 3.8) is 0 Å². The number of hydrogen-bond donors (Lipinski definition) is 0. The first-order valence-corrected chi connectivity index (χ1v) is 5.65. The molecule has 0 spiro atoms. The van der Waals surface area contributed by atoms with E-state index in [1.54, 1.807) is 6.20 Å². The molecule has 2 heterocycles. The highest BCUT2D eigenvalue weighted by atomic mass is 16.5. The molecular weight excluding hydrogens is 248 g/mol. The monoisotopic (exact) mass is 262 g/mol. The van der Waals surface area contributed by atoms with E-state index < -0.39 is 11.9 Å². The summed E-state index contributed by atoms with van der Waals surface area (Å²) in [6.45, 7) is 3.75. The number of carbonyl (C=O) groups excluding carboxylic acids is 2. The Labute approximate surface area is 109 Å². The number of pyridine rings is 1. The summed E-state index contributed by atoms with van der Waals surface area (Å²) in [7, 11) is 2.50. The Morgan fingerprint density at radius 2 is 1.79 bits per heavy atom. The van der Waals surface area contributed by atoms with Gasteiger partial charge in [0, 0.05) is 6.20 Å². The Morgan fingerprint density at radius 1 is 1.16 bits per heavy atom. The van der Waals surface area contributed by atoms with Crippen LogP contribution in [-0.4, -0.2) is 35.8 Å². The van der Waals surface area contributed by atoms with Crippen LogP contribution in [0, 0.1) is 13.8 Å². The van der Waals surface area contributed by atoms with Crippen molar-refractivity contribution >= 4 is 17.5 Å². The largest absolute Gasteiger partial charge is 0.465 e. The molecule has 0 fully saturated rings. The number of carbonyl (C=O) groups is 2. The van der Waals surface area contributed by atoms with E-state index in [9.17, 15) is 9.59 Å². The fourth-order valence-electron chi connectivity index (χ4n) is 2.08. The molecule has 0 aliphatic rings. The van der Waals surface area contributed by atoms with Crippen molar-refractivity contribution in [1.29, 1.82) is 0 Å². The maximum atomic E-state index is 11.9. The van der Waals surface area contributed by atoms with Crippen LogP contribution in [0.25, 0.3) is 5.52 Å². The van der Waals surface area contributed by atoms with Gasteiger partial charge in [0.1, 0.15) is 5.56 Å². The van der Waals surface area contributed by atoms with Crippen molar-refractivity contribution in [2.45, 2.75) is 13.8 Å². The molecule has 6 nitrogen and oxygen atoms in total. The molecule has 0 N–H and O–H groups in total. The molecule has 6 heteroatoms. The molecule has 0 aromatic carbocycles. The molecule has 0 aliphatic carbocycles. The second kappa shape index (κ2) is 4.72. The van der Waals surface area contributed by atoms with Gasteiger partial charge in [-0.05, 0) is 25.0 Å². The highest BCUT2D eigenvalue weighted by Crippen LogP contribution is 2.22. The van der Waals surface area contributed by atoms with E-state index in [-0.39, 0.29) is 11.3 Å². The molecule has 2 aromatic rings. The highest BCUT2D eigenvalue weighted by Gasteiger charge is 2.27. The normalized spacial score (nSPS) is 10.5. The van der Waals surface area contributed by atoms with Gasteiger partial charge < -0.3 is 9.47 Å². The quantitative estimate of drug-likeness (QED) is 0.767. The summed E-state index contributed by atoms with van der Waals surface area (Å²) in [6.07, 6.45) is 1.74. The first-order valence-electron chi connectivity index (χ1n) is 5.65. The summed E-state index contributed by atoms with van der Waals surface area (Å²) in [5.41, 5.74) is 2.45. The molecule has 0 bridgehead atoms. The number of fused-ring (bicyclic) bond motifs is 1. The number of hydrogen-bond acceptors (Lipinski definition) is 5. The highest BCUT2D eigenvalue weighted by molar-refractivity contribution is 6.07. The van der Waals surface area contributed by atoms with Crippen molar-refractivity contribution in [1.82, 2.24) is 9.61 Å². The van der Waals surface area contributed by atoms with Crippen LogP contribution < -0.4 is 0 Å². The Balaban J connectivity index is 2.85. The lowest BCUT2D eigenvalue weighted by molar-refractivity contribution is 0.0553. The lowest BCUT2D eigenvalue weighted by atomic mass is 10.1. The van der Waals surface area contributed by atoms with E-state index in [0.29, 0.717) is 5.52 Å². The molecule has 0 atom stereocenters. The van der Waals surface area contributed by atoms with Crippen LogP contribution in [0.4, 0.5) is 0 Å². The van der Waals surface area contributed by atoms with Crippen molar-refractivity contribution in [3.8, 4) is 0 Å². The zero-order valence-electron chi connectivity index (χ0n) is 11.2. The van der Waals surface area contributed by atoms with E-state index in [4.69, 9.17) is 4.74 Å². The van der Waals surface area contributed by atoms with Crippen molar-refractivity contribution < 1.29 is 19.1 Å². The van der Waals surface area contributed by atoms with Crippen LogP contribution in [0.3, 0.4) is 0 Å². The van der Waals surface area contributed by atoms with E-state index in [0.717, 1.165) is 11.1 Å². The third-order valence-electron chi connectivity index (χ3n) is 2.82. The van der Waals surface area contributed by atoms with Gasteiger partial charge in [-0.15, -0.1) is 0 Å². The lowest BCUT2D eigenvalue weighted by Gasteiger charge is -2.03. The third-order valence-corrected chi connectivity index (χ3v) is 2.82. The second-order valence-electron chi connectivity index (χ2n) is 4.20. The Hall–Kier alpha value is -2.37. The van der Waals surface area contributed by atoms with Crippen LogP contribution in [0.15, 0.2) is 12.3 Å². The molecule has 0 amide bonds. The minimum atomic E-state index is -0.666. The maximum absolute atomic E-state index is 11.9. The lowest BCUT2D eigenvalue weighted by Crippen LogP contribution is -2.10. The fraction of sp³-hybridized carbons (Fsp3) is 0.308. The predicted molar refractivity (Wildman–Crippen MR) is 67.3 cm³/mol. The number of esters is 2. The van der Waals surface area contributed by atoms with Crippen LogP contribution in [0.1, 0.15) is 32.0 Å². The Bertz CT molecular complexity index is 673. The number of rotatable bonds is 2. The first kappa shape index (κ1) is 13.1. The third kappa shape index (κ3) is 2.05. The van der Waals surface area contributed by atoms with Crippen LogP contribution in [0.5, 0.6) is 0 Å². The van der Waals surface area contributed by atoms with Crippen LogP contribution in [-0.2, 0) is 9.47 Å². The van der Waals surface area contributed by atoms with Crippen molar-refractivity contribution in [3.05, 3.63) is 34.6 Å². The van der Waals surface area contributed by atoms with E-state index in [2.05, 4.69) is 9.84 Å². The van der Waals surface area contributed by atoms with Gasteiger partial charge in [0.2, 0.25) is 0 Å². The van der Waals surface area contributed by atoms with Crippen LogP contribution >= 0.6 is 0 Å². The van der Waals surface area contributed by atoms with E-state index in [1.807, 2.05) is 19.9 Å². The first-order chi connectivity index (χ1) is 8.99. The maximum Gasteiger partial charge on any atom is 0.359 e. The van der Waals surface area contributed by atoms with E-state index >= 15 is 0 Å². The second-order valence-corrected chi connectivity index (χ2v) is 4.20. The van der Waals surface area contributed by atoms with Gasteiger partial charge in [-0.25, -0.2) is 14.1 Å². The average molecular weight is 262 g/mol. The standard InChI is InChI=1S/C13H14N2O4/c1-7-5-8(2)11-9(12(16)18-3)10(13(17)19-4)14-15(11)6-7/h5-6H,1-4H3. The number of ether oxygens (including phenoxy) is 2. The molecule has 0 aliphatic heterocycles. The van der Waals surface area contributed by atoms with Gasteiger partial charge in [-0.3, -0.25) is 0 Å². The van der Waals surface area contributed by atoms with Crippen molar-refractivity contribution in [2.75, 3.05) is 14.2 Å². The molecular formula is C13H14N2O4. The van der Waals surface area contributed by atoms with Gasteiger partial charge in [0.25, 0.3) is 0 Å². The molecule has 2 rings (SSSR count). The summed E-state index contributed by atoms with van der Waals surface area (Å²) >= 11 is 0. The Kier molecular flexibility index (Phi) is 3.25. The number of nitrogens with zero attached hydrogens (tertiary/aromatic N) is 2. The molecule has 0 saturated carbocycles. The molecule has 0 radical (unpaired) electrons. The molecule has 2 aromatic heterocycles. The summed E-state index contributed by atoms with van der Waals surface area (Å²) < 4.78 is 10.9. The number of methoxy groups -OCH3 is 2. The number of aryl methyl sites for hydroxylation is 2. The summed E-state index contributed by atoms with van der Waals surface area (Å²) in [4.78, 5) is 23.6. The number of aromatic nitrogens is 2.